The zero-order valence-corrected chi connectivity index (χ0v) is 44.2. The van der Waals surface area contributed by atoms with Crippen LogP contribution in [0, 0.1) is 18.8 Å². The predicted octanol–water partition coefficient (Wildman–Crippen LogP) is 16.4. The van der Waals surface area contributed by atoms with Crippen LogP contribution in [-0.4, -0.2) is 9.55 Å². The van der Waals surface area contributed by atoms with E-state index in [2.05, 4.69) is 266 Å². The summed E-state index contributed by atoms with van der Waals surface area (Å²) < 4.78 is 9.10. The molecule has 6 heteroatoms. The first-order valence-electron chi connectivity index (χ1n) is 24.1. The molecule has 356 valence electrons. The smallest absolute Gasteiger partial charge is 0.135 e. The van der Waals surface area contributed by atoms with Gasteiger partial charge in [-0.1, -0.05) is 184 Å². The van der Waals surface area contributed by atoms with Crippen molar-refractivity contribution < 1.29 is 25.8 Å². The van der Waals surface area contributed by atoms with E-state index in [0.717, 1.165) is 50.1 Å². The molecule has 5 nitrogen and oxygen atoms in total. The first-order chi connectivity index (χ1) is 32.9. The van der Waals surface area contributed by atoms with E-state index in [0.29, 0.717) is 11.5 Å². The summed E-state index contributed by atoms with van der Waals surface area (Å²) in [6.45, 7) is 24.9. The fourth-order valence-corrected chi connectivity index (χ4v) is 9.51. The Kier molecular flexibility index (Phi) is 12.8. The molecule has 0 atom stereocenters. The number of fused-ring (bicyclic) bond motifs is 3. The second kappa shape index (κ2) is 18.6. The van der Waals surface area contributed by atoms with Crippen LogP contribution in [0.15, 0.2) is 182 Å². The van der Waals surface area contributed by atoms with Crippen LogP contribution < -0.4 is 14.5 Å². The van der Waals surface area contributed by atoms with Crippen molar-refractivity contribution in [3.05, 3.63) is 235 Å². The van der Waals surface area contributed by atoms with Gasteiger partial charge in [-0.05, 0) is 97.9 Å². The van der Waals surface area contributed by atoms with Crippen molar-refractivity contribution in [1.29, 1.82) is 0 Å². The third-order valence-electron chi connectivity index (χ3n) is 14.1. The number of aromatic nitrogens is 2. The Morgan fingerprint density at radius 3 is 1.67 bits per heavy atom. The molecule has 10 rings (SSSR count). The maximum Gasteiger partial charge on any atom is 0.135 e. The van der Waals surface area contributed by atoms with Gasteiger partial charge in [-0.25, -0.2) is 4.98 Å². The minimum atomic E-state index is -0.247. The van der Waals surface area contributed by atoms with Gasteiger partial charge in [-0.15, -0.1) is 53.6 Å². The molecule has 0 N–H and O–H groups in total. The van der Waals surface area contributed by atoms with E-state index < -0.39 is 0 Å². The summed E-state index contributed by atoms with van der Waals surface area (Å²) in [6, 6.07) is 66.1. The van der Waals surface area contributed by atoms with E-state index in [4.69, 9.17) is 9.72 Å². The number of pyridine rings is 1. The van der Waals surface area contributed by atoms with E-state index in [1.165, 1.54) is 33.4 Å². The third kappa shape index (κ3) is 9.37. The molecule has 3 heterocycles. The number of hydrogen-bond acceptors (Lipinski definition) is 4. The van der Waals surface area contributed by atoms with E-state index in [9.17, 15) is 0 Å². The second-order valence-electron chi connectivity index (χ2n) is 21.6. The van der Waals surface area contributed by atoms with Crippen molar-refractivity contribution in [2.75, 3.05) is 9.80 Å². The zero-order valence-electron chi connectivity index (χ0n) is 41.9. The molecule has 0 radical (unpaired) electrons. The number of ether oxygens (including phenoxy) is 1. The third-order valence-corrected chi connectivity index (χ3v) is 14.1. The Bertz CT molecular complexity index is 3290. The Morgan fingerprint density at radius 2 is 1.06 bits per heavy atom. The minimum Gasteiger partial charge on any atom is -0.509 e. The zero-order chi connectivity index (χ0) is 48.3. The van der Waals surface area contributed by atoms with Gasteiger partial charge in [0.15, 0.2) is 0 Å². The molecule has 0 saturated carbocycles. The number of nitrogens with zero attached hydrogens (tertiary/aromatic N) is 4. The van der Waals surface area contributed by atoms with Crippen molar-refractivity contribution in [2.24, 2.45) is 0 Å². The van der Waals surface area contributed by atoms with Crippen LogP contribution in [0.4, 0.5) is 11.4 Å². The molecular formula is C64H61N4OPt-3. The van der Waals surface area contributed by atoms with E-state index in [1.807, 2.05) is 18.3 Å². The summed E-state index contributed by atoms with van der Waals surface area (Å²) in [5, 5.41) is 2.26. The quantitative estimate of drug-likeness (QED) is 0.128. The largest absolute Gasteiger partial charge is 0.509 e. The van der Waals surface area contributed by atoms with Crippen LogP contribution in [0.1, 0.15) is 103 Å². The van der Waals surface area contributed by atoms with E-state index in [1.54, 1.807) is 0 Å². The molecule has 9 aromatic rings. The van der Waals surface area contributed by atoms with Crippen molar-refractivity contribution in [3.63, 3.8) is 0 Å². The van der Waals surface area contributed by atoms with Gasteiger partial charge in [-0.3, -0.25) is 0 Å². The first-order valence-corrected chi connectivity index (χ1v) is 24.1. The van der Waals surface area contributed by atoms with Gasteiger partial charge in [0.2, 0.25) is 0 Å². The number of anilines is 2. The maximum absolute atomic E-state index is 6.87. The first kappa shape index (κ1) is 48.3. The normalized spacial score (nSPS) is 13.3. The molecule has 0 fully saturated rings. The fourth-order valence-electron chi connectivity index (χ4n) is 9.51. The predicted molar refractivity (Wildman–Crippen MR) is 288 cm³/mol. The Labute approximate surface area is 429 Å². The Balaban J connectivity index is 0.00000608. The SMILES string of the molecule is CC(C)(C)c1ccnc(-n2c3[c-]c(Oc4[c-]c(N5C=CN(c6cc(C(C)(C)c7ccccc7)cc(C(C)(C)c7ccccc7)c6)[CH-]5)cc(-c5ccccc5)c4)ccc3c3cc(C(C)(C)C)ccc32)c1.[Pt]. The number of benzene rings is 7. The van der Waals surface area contributed by atoms with Crippen LogP contribution in [-0.2, 0) is 42.7 Å². The molecule has 2 aromatic heterocycles. The van der Waals surface area contributed by atoms with Gasteiger partial charge in [0.05, 0.1) is 0 Å². The maximum atomic E-state index is 6.87. The number of rotatable bonds is 10. The van der Waals surface area contributed by atoms with E-state index >= 15 is 0 Å². The minimum absolute atomic E-state index is 0. The molecule has 0 amide bonds. The van der Waals surface area contributed by atoms with Crippen LogP contribution in [0.5, 0.6) is 11.5 Å². The molecule has 1 aliphatic heterocycles. The Hall–Kier alpha value is -6.68. The molecule has 1 aliphatic rings. The standard InChI is InChI=1S/C64H61N4O.Pt/c1-61(2,3)48-26-29-58-57(39-48)56-28-27-54(42-59(56)68(58)60-40-49(30-31-65-60)62(4,5)6)69-55-35-45(44-20-14-11-15-21-44)34-52(41-55)66-32-33-67(43-66)53-37-50(63(7,8)46-22-16-12-17-23-46)36-51(38-53)64(9,10)47-24-18-13-19-25-47;/h11-40,43H,1-10H3;/q-3;. The molecule has 0 unspecified atom stereocenters. The summed E-state index contributed by atoms with van der Waals surface area (Å²) >= 11 is 0. The average Bonchev–Trinajstić information content (AvgIpc) is 3.98. The van der Waals surface area contributed by atoms with Gasteiger partial charge in [0.25, 0.3) is 0 Å². The molecule has 70 heavy (non-hydrogen) atoms. The summed E-state index contributed by atoms with van der Waals surface area (Å²) in [4.78, 5) is 9.29. The van der Waals surface area contributed by atoms with Crippen molar-refractivity contribution in [1.82, 2.24) is 9.55 Å². The monoisotopic (exact) mass is 1100 g/mol. The molecular weight excluding hydrogens is 1040 g/mol. The van der Waals surface area contributed by atoms with Gasteiger partial charge in [0.1, 0.15) is 5.82 Å². The summed E-state index contributed by atoms with van der Waals surface area (Å²) in [6.07, 6.45) is 6.15. The van der Waals surface area contributed by atoms with Crippen LogP contribution in [0.25, 0.3) is 38.8 Å². The summed E-state index contributed by atoms with van der Waals surface area (Å²) in [7, 11) is 0. The molecule has 7 aromatic carbocycles. The van der Waals surface area contributed by atoms with Crippen molar-refractivity contribution in [2.45, 2.75) is 90.9 Å². The summed E-state index contributed by atoms with van der Waals surface area (Å²) in [5.74, 6) is 2.03. The van der Waals surface area contributed by atoms with Crippen molar-refractivity contribution >= 4 is 33.2 Å². The van der Waals surface area contributed by atoms with E-state index in [-0.39, 0.29) is 42.7 Å². The van der Waals surface area contributed by atoms with Gasteiger partial charge in [-0.2, -0.15) is 6.07 Å². The van der Waals surface area contributed by atoms with Gasteiger partial charge in [0, 0.05) is 60.8 Å². The molecule has 0 bridgehead atoms. The molecule has 0 aliphatic carbocycles. The fraction of sp³-hybridized carbons (Fsp3) is 0.219. The number of hydrogen-bond donors (Lipinski definition) is 0. The average molecular weight is 1100 g/mol. The Morgan fingerprint density at radius 1 is 0.471 bits per heavy atom. The molecule has 0 saturated heterocycles. The second-order valence-corrected chi connectivity index (χ2v) is 21.6. The molecule has 0 spiro atoms. The van der Waals surface area contributed by atoms with Gasteiger partial charge >= 0.3 is 0 Å². The summed E-state index contributed by atoms with van der Waals surface area (Å²) in [5.41, 5.74) is 13.0. The van der Waals surface area contributed by atoms with Crippen molar-refractivity contribution in [3.8, 4) is 28.4 Å². The van der Waals surface area contributed by atoms with Gasteiger partial charge < -0.3 is 19.1 Å². The van der Waals surface area contributed by atoms with Crippen LogP contribution >= 0.6 is 0 Å². The van der Waals surface area contributed by atoms with Crippen LogP contribution in [0.2, 0.25) is 0 Å². The topological polar surface area (TPSA) is 33.5 Å². The van der Waals surface area contributed by atoms with Crippen LogP contribution in [0.3, 0.4) is 0 Å².